The quantitative estimate of drug-likeness (QED) is 0.647. The standard InChI is InChI=1S/C19H19N3O3/c1-21(2)10-12-25-19(23)18-15-5-3-4-6-16(15)22-13-14(24-11-9-20)7-8-17(18)22/h3-8,13H,10-12H2,1-2H3. The van der Waals surface area contributed by atoms with Crippen LogP contribution in [0.3, 0.4) is 0 Å². The molecule has 2 aromatic heterocycles. The summed E-state index contributed by atoms with van der Waals surface area (Å²) in [6.07, 6.45) is 1.78. The van der Waals surface area contributed by atoms with Gasteiger partial charge in [0.2, 0.25) is 0 Å². The fourth-order valence-corrected chi connectivity index (χ4v) is 2.73. The molecule has 0 N–H and O–H groups in total. The minimum Gasteiger partial charge on any atom is -0.477 e. The third-order valence-electron chi connectivity index (χ3n) is 3.89. The van der Waals surface area contributed by atoms with Gasteiger partial charge in [0, 0.05) is 11.9 Å². The van der Waals surface area contributed by atoms with Gasteiger partial charge in [-0.25, -0.2) is 4.79 Å². The third kappa shape index (κ3) is 3.42. The smallest absolute Gasteiger partial charge is 0.341 e. The van der Waals surface area contributed by atoms with Gasteiger partial charge in [-0.2, -0.15) is 5.26 Å². The molecule has 0 aliphatic rings. The fraction of sp³-hybridized carbons (Fsp3) is 0.263. The molecule has 0 bridgehead atoms. The predicted molar refractivity (Wildman–Crippen MR) is 94.8 cm³/mol. The van der Waals surface area contributed by atoms with E-state index in [0.29, 0.717) is 24.5 Å². The molecule has 6 heteroatoms. The van der Waals surface area contributed by atoms with Gasteiger partial charge in [0.15, 0.2) is 6.61 Å². The van der Waals surface area contributed by atoms with Crippen LogP contribution in [0, 0.1) is 11.3 Å². The van der Waals surface area contributed by atoms with Crippen molar-refractivity contribution in [1.29, 1.82) is 5.26 Å². The summed E-state index contributed by atoms with van der Waals surface area (Å²) in [7, 11) is 3.86. The maximum Gasteiger partial charge on any atom is 0.341 e. The van der Waals surface area contributed by atoms with Gasteiger partial charge < -0.3 is 18.8 Å². The molecule has 1 aromatic carbocycles. The molecule has 2 heterocycles. The first kappa shape index (κ1) is 16.8. The summed E-state index contributed by atoms with van der Waals surface area (Å²) in [4.78, 5) is 14.6. The first-order valence-corrected chi connectivity index (χ1v) is 7.96. The number of carbonyl (C=O) groups excluding carboxylic acids is 1. The van der Waals surface area contributed by atoms with Crippen molar-refractivity contribution in [1.82, 2.24) is 9.30 Å². The van der Waals surface area contributed by atoms with Gasteiger partial charge in [-0.1, -0.05) is 18.2 Å². The zero-order valence-electron chi connectivity index (χ0n) is 14.2. The molecule has 0 unspecified atom stereocenters. The number of hydrogen-bond acceptors (Lipinski definition) is 5. The summed E-state index contributed by atoms with van der Waals surface area (Å²) >= 11 is 0. The number of carbonyl (C=O) groups is 1. The summed E-state index contributed by atoms with van der Waals surface area (Å²) < 4.78 is 12.7. The van der Waals surface area contributed by atoms with Crippen LogP contribution in [0.25, 0.3) is 16.4 Å². The zero-order valence-corrected chi connectivity index (χ0v) is 14.2. The van der Waals surface area contributed by atoms with Crippen molar-refractivity contribution >= 4 is 22.4 Å². The van der Waals surface area contributed by atoms with E-state index in [1.807, 2.05) is 59.8 Å². The number of hydrogen-bond donors (Lipinski definition) is 0. The van der Waals surface area contributed by atoms with E-state index >= 15 is 0 Å². The molecule has 25 heavy (non-hydrogen) atoms. The largest absolute Gasteiger partial charge is 0.477 e. The monoisotopic (exact) mass is 337 g/mol. The Balaban J connectivity index is 2.04. The van der Waals surface area contributed by atoms with E-state index in [1.165, 1.54) is 0 Å². The lowest BCUT2D eigenvalue weighted by molar-refractivity contribution is 0.0486. The van der Waals surface area contributed by atoms with Crippen LogP contribution in [0.4, 0.5) is 0 Å². The van der Waals surface area contributed by atoms with Crippen molar-refractivity contribution < 1.29 is 14.3 Å². The number of esters is 1. The second-order valence-electron chi connectivity index (χ2n) is 5.90. The lowest BCUT2D eigenvalue weighted by Crippen LogP contribution is -2.20. The Morgan fingerprint density at radius 2 is 2.00 bits per heavy atom. The van der Waals surface area contributed by atoms with E-state index in [-0.39, 0.29) is 12.6 Å². The van der Waals surface area contributed by atoms with Gasteiger partial charge >= 0.3 is 5.97 Å². The lowest BCUT2D eigenvalue weighted by Gasteiger charge is -2.10. The topological polar surface area (TPSA) is 67.0 Å². The molecule has 3 rings (SSSR count). The van der Waals surface area contributed by atoms with E-state index in [2.05, 4.69) is 0 Å². The molecule has 128 valence electrons. The van der Waals surface area contributed by atoms with E-state index in [0.717, 1.165) is 16.4 Å². The highest BCUT2D eigenvalue weighted by atomic mass is 16.5. The Labute approximate surface area is 145 Å². The van der Waals surface area contributed by atoms with Crippen molar-refractivity contribution in [3.63, 3.8) is 0 Å². The molecule has 0 radical (unpaired) electrons. The number of nitrogens with zero attached hydrogens (tertiary/aromatic N) is 3. The Hall–Kier alpha value is -3.04. The van der Waals surface area contributed by atoms with E-state index < -0.39 is 0 Å². The van der Waals surface area contributed by atoms with Crippen molar-refractivity contribution in [2.45, 2.75) is 0 Å². The molecule has 3 aromatic rings. The summed E-state index contributed by atoms with van der Waals surface area (Å²) in [5.74, 6) is 0.230. The highest BCUT2D eigenvalue weighted by Crippen LogP contribution is 2.29. The van der Waals surface area contributed by atoms with Gasteiger partial charge in [0.25, 0.3) is 0 Å². The molecule has 0 aliphatic carbocycles. The SMILES string of the molecule is CN(C)CCOC(=O)c1c2ccccc2n2cc(OCC#N)ccc12. The Kier molecular flexibility index (Phi) is 4.87. The summed E-state index contributed by atoms with van der Waals surface area (Å²) in [6, 6.07) is 13.2. The number of fused-ring (bicyclic) bond motifs is 3. The highest BCUT2D eigenvalue weighted by Gasteiger charge is 2.19. The molecular weight excluding hydrogens is 318 g/mol. The second kappa shape index (κ2) is 7.24. The third-order valence-corrected chi connectivity index (χ3v) is 3.89. The van der Waals surface area contributed by atoms with Crippen LogP contribution >= 0.6 is 0 Å². The average Bonchev–Trinajstić information content (AvgIpc) is 2.93. The number of para-hydroxylation sites is 1. The van der Waals surface area contributed by atoms with Crippen molar-refractivity contribution in [3.05, 3.63) is 48.2 Å². The first-order chi connectivity index (χ1) is 12.1. The minimum absolute atomic E-state index is 0.0237. The Bertz CT molecular complexity index is 954. The Morgan fingerprint density at radius 1 is 1.20 bits per heavy atom. The number of benzene rings is 1. The maximum absolute atomic E-state index is 12.6. The number of nitriles is 1. The van der Waals surface area contributed by atoms with E-state index in [4.69, 9.17) is 14.7 Å². The highest BCUT2D eigenvalue weighted by molar-refractivity contribution is 6.11. The molecule has 0 spiro atoms. The summed E-state index contributed by atoms with van der Waals surface area (Å²) in [5.41, 5.74) is 2.18. The Morgan fingerprint density at radius 3 is 2.76 bits per heavy atom. The number of rotatable bonds is 6. The van der Waals surface area contributed by atoms with Gasteiger partial charge in [-0.15, -0.1) is 0 Å². The van der Waals surface area contributed by atoms with Crippen LogP contribution in [0.1, 0.15) is 10.4 Å². The molecule has 0 saturated heterocycles. The van der Waals surface area contributed by atoms with E-state index in [9.17, 15) is 4.79 Å². The molecular formula is C19H19N3O3. The number of likely N-dealkylation sites (N-methyl/N-ethyl adjacent to an activating group) is 1. The first-order valence-electron chi connectivity index (χ1n) is 7.96. The van der Waals surface area contributed by atoms with Gasteiger partial charge in [-0.05, 0) is 32.3 Å². The summed E-state index contributed by atoms with van der Waals surface area (Å²) in [6.45, 7) is 0.979. The second-order valence-corrected chi connectivity index (χ2v) is 5.90. The molecule has 0 amide bonds. The number of ether oxygens (including phenoxy) is 2. The van der Waals surface area contributed by atoms with Crippen molar-refractivity contribution in [3.8, 4) is 11.8 Å². The van der Waals surface area contributed by atoms with Gasteiger partial charge in [0.1, 0.15) is 18.4 Å². The molecule has 6 nitrogen and oxygen atoms in total. The van der Waals surface area contributed by atoms with Crippen molar-refractivity contribution in [2.24, 2.45) is 0 Å². The van der Waals surface area contributed by atoms with Gasteiger partial charge in [-0.3, -0.25) is 0 Å². The van der Waals surface area contributed by atoms with Gasteiger partial charge in [0.05, 0.1) is 22.8 Å². The number of pyridine rings is 1. The molecule has 0 saturated carbocycles. The predicted octanol–water partition coefficient (Wildman–Crippen LogP) is 2.71. The molecule has 0 atom stereocenters. The van der Waals surface area contributed by atoms with E-state index in [1.54, 1.807) is 12.3 Å². The van der Waals surface area contributed by atoms with Crippen molar-refractivity contribution in [2.75, 3.05) is 33.9 Å². The maximum atomic E-state index is 12.6. The minimum atomic E-state index is -0.341. The van der Waals surface area contributed by atoms with Crippen LogP contribution in [0.2, 0.25) is 0 Å². The summed E-state index contributed by atoms with van der Waals surface area (Å²) in [5, 5.41) is 9.49. The molecule has 0 fully saturated rings. The normalized spacial score (nSPS) is 11.0. The zero-order chi connectivity index (χ0) is 17.8. The fourth-order valence-electron chi connectivity index (χ4n) is 2.73. The lowest BCUT2D eigenvalue weighted by atomic mass is 10.1. The van der Waals surface area contributed by atoms with Crippen LogP contribution in [-0.4, -0.2) is 49.1 Å². The van der Waals surface area contributed by atoms with Crippen LogP contribution in [-0.2, 0) is 4.74 Å². The molecule has 0 aliphatic heterocycles. The van der Waals surface area contributed by atoms with Crippen LogP contribution in [0.5, 0.6) is 5.75 Å². The van der Waals surface area contributed by atoms with Crippen LogP contribution in [0.15, 0.2) is 42.6 Å². The average molecular weight is 337 g/mol. The van der Waals surface area contributed by atoms with Crippen LogP contribution < -0.4 is 4.74 Å². The number of aromatic nitrogens is 1.